The van der Waals surface area contributed by atoms with E-state index >= 15 is 0 Å². The molecule has 0 unspecified atom stereocenters. The molecule has 5 nitrogen and oxygen atoms in total. The zero-order valence-electron chi connectivity index (χ0n) is 9.05. The molecule has 0 aliphatic rings. The van der Waals surface area contributed by atoms with E-state index in [1.807, 2.05) is 24.3 Å². The first kappa shape index (κ1) is 11.2. The molecule has 0 saturated heterocycles. The molecule has 0 aliphatic carbocycles. The van der Waals surface area contributed by atoms with Crippen LogP contribution in [0.2, 0.25) is 0 Å². The Kier molecular flexibility index (Phi) is 3.42. The molecule has 78 valence electrons. The van der Waals surface area contributed by atoms with Crippen molar-refractivity contribution in [1.82, 2.24) is 0 Å². The van der Waals surface area contributed by atoms with Crippen molar-refractivity contribution in [3.05, 3.63) is 40.3 Å². The predicted molar refractivity (Wildman–Crippen MR) is 58.8 cm³/mol. The van der Waals surface area contributed by atoms with Gasteiger partial charge in [-0.1, -0.05) is 32.9 Å². The first-order valence-corrected chi connectivity index (χ1v) is 4.59. The van der Waals surface area contributed by atoms with Crippen LogP contribution in [0.25, 0.3) is 10.4 Å². The minimum Gasteiger partial charge on any atom is -0.163 e. The van der Waals surface area contributed by atoms with Gasteiger partial charge in [0.05, 0.1) is 5.22 Å². The fourth-order valence-electron chi connectivity index (χ4n) is 1.12. The number of rotatable bonds is 2. The maximum atomic E-state index is 8.00. The van der Waals surface area contributed by atoms with Gasteiger partial charge in [-0.3, -0.25) is 0 Å². The van der Waals surface area contributed by atoms with Crippen molar-refractivity contribution in [1.29, 1.82) is 0 Å². The largest absolute Gasteiger partial charge is 0.163 e. The summed E-state index contributed by atoms with van der Waals surface area (Å²) in [5.74, 6) is 0. The second-order valence-corrected chi connectivity index (χ2v) is 4.17. The van der Waals surface area contributed by atoms with Gasteiger partial charge in [-0.15, -0.1) is 5.53 Å². The highest BCUT2D eigenvalue weighted by Gasteiger charge is 2.12. The van der Waals surface area contributed by atoms with Crippen LogP contribution in [0.4, 0.5) is 5.69 Å². The zero-order chi connectivity index (χ0) is 11.3. The quantitative estimate of drug-likeness (QED) is 0.297. The molecule has 0 aromatic heterocycles. The van der Waals surface area contributed by atoms with Crippen LogP contribution in [0, 0.1) is 0 Å². The fraction of sp³-hybridized carbons (Fsp3) is 0.400. The zero-order valence-corrected chi connectivity index (χ0v) is 9.05. The highest BCUT2D eigenvalue weighted by Crippen LogP contribution is 2.24. The summed E-state index contributed by atoms with van der Waals surface area (Å²) in [6, 6.07) is 7.67. The molecule has 0 heterocycles. The highest BCUT2D eigenvalue weighted by molar-refractivity contribution is 5.39. The summed E-state index contributed by atoms with van der Waals surface area (Å²) in [5.41, 5.74) is 10.0. The Morgan fingerprint density at radius 2 is 1.73 bits per heavy atom. The summed E-state index contributed by atoms with van der Waals surface area (Å²) < 4.78 is 0. The van der Waals surface area contributed by atoms with Crippen LogP contribution >= 0.6 is 0 Å². The van der Waals surface area contributed by atoms with Crippen molar-refractivity contribution in [2.24, 2.45) is 15.6 Å². The van der Waals surface area contributed by atoms with E-state index in [4.69, 9.17) is 5.53 Å². The van der Waals surface area contributed by atoms with Crippen molar-refractivity contribution < 1.29 is 0 Å². The van der Waals surface area contributed by atoms with Crippen LogP contribution in [-0.4, -0.2) is 0 Å². The summed E-state index contributed by atoms with van der Waals surface area (Å²) in [5, 5.41) is 9.99. The van der Waals surface area contributed by atoms with Gasteiger partial charge in [0.2, 0.25) is 0 Å². The Morgan fingerprint density at radius 3 is 2.20 bits per heavy atom. The Labute approximate surface area is 88.4 Å². The maximum absolute atomic E-state index is 8.00. The third-order valence-electron chi connectivity index (χ3n) is 1.97. The third-order valence-corrected chi connectivity index (χ3v) is 1.97. The normalized spacial score (nSPS) is 11.4. The summed E-state index contributed by atoms with van der Waals surface area (Å²) in [4.78, 5) is 2.47. The number of hydrogen-bond donors (Lipinski definition) is 0. The lowest BCUT2D eigenvalue weighted by Crippen LogP contribution is -2.10. The monoisotopic (exact) mass is 203 g/mol. The van der Waals surface area contributed by atoms with Crippen LogP contribution in [0.15, 0.2) is 39.8 Å². The molecule has 0 radical (unpaired) electrons. The SMILES string of the molecule is CC(C)(C)c1ccc(N=NN=[N+]=[N-])cc1. The molecule has 1 aromatic rings. The molecule has 1 aromatic carbocycles. The van der Waals surface area contributed by atoms with Crippen molar-refractivity contribution in [3.63, 3.8) is 0 Å². The van der Waals surface area contributed by atoms with Crippen LogP contribution < -0.4 is 0 Å². The number of azide groups is 1. The minimum absolute atomic E-state index is 0.125. The molecule has 5 heteroatoms. The van der Waals surface area contributed by atoms with Gasteiger partial charge in [0.25, 0.3) is 0 Å². The Balaban J connectivity index is 2.86. The summed E-state index contributed by atoms with van der Waals surface area (Å²) in [7, 11) is 0. The Morgan fingerprint density at radius 1 is 1.13 bits per heavy atom. The van der Waals surface area contributed by atoms with Crippen molar-refractivity contribution in [2.45, 2.75) is 26.2 Å². The van der Waals surface area contributed by atoms with E-state index in [9.17, 15) is 0 Å². The first-order chi connectivity index (χ1) is 7.04. The molecule has 0 aliphatic heterocycles. The standard InChI is InChI=1S/C10H13N5/c1-10(2,3)8-4-6-9(7-5-8)12-14-15-13-11/h4-7H,1-3H3. The lowest BCUT2D eigenvalue weighted by atomic mass is 9.87. The predicted octanol–water partition coefficient (Wildman–Crippen LogP) is 4.29. The van der Waals surface area contributed by atoms with Gasteiger partial charge in [0, 0.05) is 0 Å². The van der Waals surface area contributed by atoms with E-state index in [1.54, 1.807) is 0 Å². The molecule has 0 spiro atoms. The summed E-state index contributed by atoms with van der Waals surface area (Å²) in [6.07, 6.45) is 0. The smallest absolute Gasteiger partial charge is 0.111 e. The molecule has 0 N–H and O–H groups in total. The average Bonchev–Trinajstić information content (AvgIpc) is 2.18. The lowest BCUT2D eigenvalue weighted by Gasteiger charge is -2.18. The maximum Gasteiger partial charge on any atom is 0.111 e. The summed E-state index contributed by atoms with van der Waals surface area (Å²) in [6.45, 7) is 6.43. The highest BCUT2D eigenvalue weighted by atomic mass is 15.5. The summed E-state index contributed by atoms with van der Waals surface area (Å²) >= 11 is 0. The Bertz CT molecular complexity index is 393. The van der Waals surface area contributed by atoms with E-state index in [-0.39, 0.29) is 5.41 Å². The molecule has 0 atom stereocenters. The Hall–Kier alpha value is -1.87. The van der Waals surface area contributed by atoms with Gasteiger partial charge in [-0.2, -0.15) is 4.91 Å². The third kappa shape index (κ3) is 3.40. The van der Waals surface area contributed by atoms with Crippen LogP contribution in [-0.2, 0) is 5.41 Å². The molecular weight excluding hydrogens is 190 g/mol. The second-order valence-electron chi connectivity index (χ2n) is 4.17. The minimum atomic E-state index is 0.125. The van der Waals surface area contributed by atoms with E-state index in [0.29, 0.717) is 5.69 Å². The van der Waals surface area contributed by atoms with Gasteiger partial charge in [-0.25, -0.2) is 0 Å². The molecule has 0 fully saturated rings. The van der Waals surface area contributed by atoms with E-state index in [2.05, 4.69) is 41.2 Å². The topological polar surface area (TPSA) is 73.5 Å². The van der Waals surface area contributed by atoms with Gasteiger partial charge < -0.3 is 0 Å². The molecule has 0 amide bonds. The second kappa shape index (κ2) is 4.57. The number of hydrogen-bond acceptors (Lipinski definition) is 1. The number of nitrogens with zero attached hydrogens (tertiary/aromatic N) is 5. The van der Waals surface area contributed by atoms with E-state index in [0.717, 1.165) is 0 Å². The van der Waals surface area contributed by atoms with Crippen LogP contribution in [0.5, 0.6) is 0 Å². The first-order valence-electron chi connectivity index (χ1n) is 4.59. The van der Waals surface area contributed by atoms with Crippen molar-refractivity contribution in [3.8, 4) is 0 Å². The van der Waals surface area contributed by atoms with E-state index < -0.39 is 0 Å². The lowest BCUT2D eigenvalue weighted by molar-refractivity contribution is 0.590. The van der Waals surface area contributed by atoms with Crippen molar-refractivity contribution in [2.75, 3.05) is 0 Å². The molecular formula is C10H13N5. The molecule has 1 rings (SSSR count). The molecule has 0 saturated carbocycles. The van der Waals surface area contributed by atoms with Crippen LogP contribution in [0.1, 0.15) is 26.3 Å². The molecule has 15 heavy (non-hydrogen) atoms. The van der Waals surface area contributed by atoms with Crippen LogP contribution in [0.3, 0.4) is 0 Å². The van der Waals surface area contributed by atoms with Gasteiger partial charge in [0.1, 0.15) is 10.9 Å². The van der Waals surface area contributed by atoms with Crippen molar-refractivity contribution >= 4 is 5.69 Å². The van der Waals surface area contributed by atoms with Gasteiger partial charge in [-0.05, 0) is 28.2 Å². The van der Waals surface area contributed by atoms with Gasteiger partial charge >= 0.3 is 0 Å². The van der Waals surface area contributed by atoms with Gasteiger partial charge in [0.15, 0.2) is 0 Å². The fourth-order valence-corrected chi connectivity index (χ4v) is 1.12. The number of benzene rings is 1. The molecule has 0 bridgehead atoms. The average molecular weight is 203 g/mol. The van der Waals surface area contributed by atoms with E-state index in [1.165, 1.54) is 5.56 Å².